The average molecular weight is 415 g/mol. The molecule has 1 aromatic heterocycles. The molecule has 1 aromatic carbocycles. The Morgan fingerprint density at radius 3 is 2.59 bits per heavy atom. The lowest BCUT2D eigenvalue weighted by Crippen LogP contribution is -2.46. The van der Waals surface area contributed by atoms with E-state index in [1.165, 1.54) is 0 Å². The van der Waals surface area contributed by atoms with Gasteiger partial charge >= 0.3 is 6.03 Å². The number of halogens is 1. The van der Waals surface area contributed by atoms with E-state index in [9.17, 15) is 9.59 Å². The molecule has 0 unspecified atom stereocenters. The van der Waals surface area contributed by atoms with Crippen molar-refractivity contribution in [3.63, 3.8) is 0 Å². The summed E-state index contributed by atoms with van der Waals surface area (Å²) >= 11 is 6.03. The number of nitrogens with zero attached hydrogens (tertiary/aromatic N) is 4. The van der Waals surface area contributed by atoms with Crippen LogP contribution < -0.4 is 9.64 Å². The van der Waals surface area contributed by atoms with Gasteiger partial charge in [0.15, 0.2) is 0 Å². The van der Waals surface area contributed by atoms with Gasteiger partial charge in [-0.15, -0.1) is 0 Å². The van der Waals surface area contributed by atoms with E-state index < -0.39 is 0 Å². The highest BCUT2D eigenvalue weighted by Gasteiger charge is 2.33. The van der Waals surface area contributed by atoms with E-state index in [-0.39, 0.29) is 24.6 Å². The maximum absolute atomic E-state index is 12.7. The first kappa shape index (κ1) is 19.5. The number of carbonyl (C=O) groups excluding carboxylic acids is 2. The van der Waals surface area contributed by atoms with Crippen LogP contribution in [0.4, 0.5) is 10.5 Å². The van der Waals surface area contributed by atoms with Gasteiger partial charge < -0.3 is 14.5 Å². The quantitative estimate of drug-likeness (QED) is 0.754. The monoisotopic (exact) mass is 414 g/mol. The minimum Gasteiger partial charge on any atom is -0.490 e. The topological polar surface area (TPSA) is 66.0 Å². The Morgan fingerprint density at radius 2 is 1.86 bits per heavy atom. The van der Waals surface area contributed by atoms with Crippen LogP contribution in [-0.4, -0.2) is 65.5 Å². The molecule has 2 aromatic rings. The van der Waals surface area contributed by atoms with Crippen LogP contribution in [0.3, 0.4) is 0 Å². The molecule has 29 heavy (non-hydrogen) atoms. The predicted molar refractivity (Wildman–Crippen MR) is 110 cm³/mol. The molecule has 2 aliphatic rings. The fourth-order valence-electron chi connectivity index (χ4n) is 3.71. The first-order valence-corrected chi connectivity index (χ1v) is 10.1. The number of aromatic nitrogens is 1. The first-order valence-electron chi connectivity index (χ1n) is 9.76. The molecular weight excluding hydrogens is 392 g/mol. The summed E-state index contributed by atoms with van der Waals surface area (Å²) in [6.07, 6.45) is 5.04. The third-order valence-electron chi connectivity index (χ3n) is 5.29. The zero-order valence-electron chi connectivity index (χ0n) is 16.0. The van der Waals surface area contributed by atoms with Gasteiger partial charge in [-0.1, -0.05) is 17.7 Å². The Labute approximate surface area is 174 Å². The molecule has 7 nitrogen and oxygen atoms in total. The van der Waals surface area contributed by atoms with Gasteiger partial charge in [-0.2, -0.15) is 0 Å². The van der Waals surface area contributed by atoms with Crippen LogP contribution >= 0.6 is 11.6 Å². The van der Waals surface area contributed by atoms with Crippen molar-refractivity contribution in [1.29, 1.82) is 0 Å². The molecule has 3 heterocycles. The molecule has 2 saturated heterocycles. The van der Waals surface area contributed by atoms with Gasteiger partial charge in [-0.3, -0.25) is 14.7 Å². The number of hydrogen-bond acceptors (Lipinski definition) is 4. The second-order valence-corrected chi connectivity index (χ2v) is 7.65. The van der Waals surface area contributed by atoms with Crippen LogP contribution in [-0.2, 0) is 4.79 Å². The SMILES string of the molecule is O=C(CN1CCN(c2cccc(Cl)c2)C1=O)N1CCC(Oc2ccncc2)CC1. The molecule has 4 rings (SSSR count). The van der Waals surface area contributed by atoms with Crippen LogP contribution in [0.25, 0.3) is 0 Å². The number of pyridine rings is 1. The Bertz CT molecular complexity index is 871. The van der Waals surface area contributed by atoms with Crippen molar-refractivity contribution in [2.24, 2.45) is 0 Å². The van der Waals surface area contributed by atoms with Crippen molar-refractivity contribution in [1.82, 2.24) is 14.8 Å². The van der Waals surface area contributed by atoms with Crippen molar-refractivity contribution in [2.75, 3.05) is 37.6 Å². The van der Waals surface area contributed by atoms with Crippen molar-refractivity contribution >= 4 is 29.2 Å². The normalized spacial score (nSPS) is 17.7. The third-order valence-corrected chi connectivity index (χ3v) is 5.52. The molecule has 8 heteroatoms. The van der Waals surface area contributed by atoms with E-state index in [0.717, 1.165) is 24.3 Å². The Hall–Kier alpha value is -2.80. The van der Waals surface area contributed by atoms with E-state index >= 15 is 0 Å². The zero-order valence-corrected chi connectivity index (χ0v) is 16.8. The lowest BCUT2D eigenvalue weighted by molar-refractivity contribution is -0.133. The number of hydrogen-bond donors (Lipinski definition) is 0. The van der Waals surface area contributed by atoms with E-state index in [1.807, 2.05) is 29.2 Å². The van der Waals surface area contributed by atoms with E-state index in [2.05, 4.69) is 4.98 Å². The third kappa shape index (κ3) is 4.62. The molecule has 0 saturated carbocycles. The van der Waals surface area contributed by atoms with Crippen LogP contribution in [0.2, 0.25) is 5.02 Å². The minimum absolute atomic E-state index is 0.0198. The molecule has 152 valence electrons. The lowest BCUT2D eigenvalue weighted by atomic mass is 10.1. The minimum atomic E-state index is -0.156. The summed E-state index contributed by atoms with van der Waals surface area (Å²) in [6, 6.07) is 10.7. The van der Waals surface area contributed by atoms with Gasteiger partial charge in [-0.25, -0.2) is 4.79 Å². The Morgan fingerprint density at radius 1 is 1.10 bits per heavy atom. The van der Waals surface area contributed by atoms with Gasteiger partial charge in [0.05, 0.1) is 0 Å². The summed E-state index contributed by atoms with van der Waals surface area (Å²) in [5, 5.41) is 0.585. The van der Waals surface area contributed by atoms with Crippen molar-refractivity contribution < 1.29 is 14.3 Å². The molecule has 0 bridgehead atoms. The van der Waals surface area contributed by atoms with Crippen molar-refractivity contribution in [2.45, 2.75) is 18.9 Å². The highest BCUT2D eigenvalue weighted by atomic mass is 35.5. The van der Waals surface area contributed by atoms with Gasteiger partial charge in [-0.05, 0) is 30.3 Å². The van der Waals surface area contributed by atoms with Crippen molar-refractivity contribution in [3.05, 3.63) is 53.8 Å². The summed E-state index contributed by atoms with van der Waals surface area (Å²) in [5.41, 5.74) is 0.756. The second-order valence-electron chi connectivity index (χ2n) is 7.22. The molecule has 0 spiro atoms. The standard InChI is InChI=1S/C21H23ClN4O3/c22-16-2-1-3-17(14-16)26-13-12-25(21(26)28)15-20(27)24-10-6-19(7-11-24)29-18-4-8-23-9-5-18/h1-5,8-9,14,19H,6-7,10-13,15H2. The average Bonchev–Trinajstić information content (AvgIpc) is 3.09. The molecule has 0 radical (unpaired) electrons. The summed E-state index contributed by atoms with van der Waals surface area (Å²) in [5.74, 6) is 0.780. The lowest BCUT2D eigenvalue weighted by Gasteiger charge is -2.33. The number of rotatable bonds is 5. The number of piperidine rings is 1. The summed E-state index contributed by atoms with van der Waals surface area (Å²) in [6.45, 7) is 2.45. The number of benzene rings is 1. The largest absolute Gasteiger partial charge is 0.490 e. The predicted octanol–water partition coefficient (Wildman–Crippen LogP) is 3.05. The summed E-state index contributed by atoms with van der Waals surface area (Å²) in [7, 11) is 0. The molecule has 2 aliphatic heterocycles. The summed E-state index contributed by atoms with van der Waals surface area (Å²) in [4.78, 5) is 34.5. The molecule has 2 fully saturated rings. The van der Waals surface area contributed by atoms with Gasteiger partial charge in [0, 0.05) is 62.1 Å². The zero-order chi connectivity index (χ0) is 20.2. The van der Waals surface area contributed by atoms with Crippen LogP contribution in [0.15, 0.2) is 48.8 Å². The number of anilines is 1. The first-order chi connectivity index (χ1) is 14.1. The van der Waals surface area contributed by atoms with E-state index in [1.54, 1.807) is 34.3 Å². The van der Waals surface area contributed by atoms with Crippen LogP contribution in [0.1, 0.15) is 12.8 Å². The van der Waals surface area contributed by atoms with Crippen LogP contribution in [0.5, 0.6) is 5.75 Å². The number of likely N-dealkylation sites (tertiary alicyclic amines) is 1. The maximum Gasteiger partial charge on any atom is 0.325 e. The molecular formula is C21H23ClN4O3. The number of ether oxygens (including phenoxy) is 1. The number of carbonyl (C=O) groups is 2. The number of amides is 3. The van der Waals surface area contributed by atoms with Gasteiger partial charge in [0.1, 0.15) is 18.4 Å². The molecule has 0 N–H and O–H groups in total. The smallest absolute Gasteiger partial charge is 0.325 e. The van der Waals surface area contributed by atoms with Gasteiger partial charge in [0.2, 0.25) is 5.91 Å². The van der Waals surface area contributed by atoms with Crippen molar-refractivity contribution in [3.8, 4) is 5.75 Å². The fourth-order valence-corrected chi connectivity index (χ4v) is 3.89. The molecule has 3 amide bonds. The highest BCUT2D eigenvalue weighted by Crippen LogP contribution is 2.24. The maximum atomic E-state index is 12.7. The fraction of sp³-hybridized carbons (Fsp3) is 0.381. The van der Waals surface area contributed by atoms with Crippen LogP contribution in [0, 0.1) is 0 Å². The molecule has 0 aliphatic carbocycles. The van der Waals surface area contributed by atoms with E-state index in [0.29, 0.717) is 31.2 Å². The highest BCUT2D eigenvalue weighted by molar-refractivity contribution is 6.30. The molecule has 0 atom stereocenters. The van der Waals surface area contributed by atoms with Gasteiger partial charge in [0.25, 0.3) is 0 Å². The van der Waals surface area contributed by atoms with E-state index in [4.69, 9.17) is 16.3 Å². The Balaban J connectivity index is 1.27. The Kier molecular flexibility index (Phi) is 5.85. The number of urea groups is 1. The second kappa shape index (κ2) is 8.69. The summed E-state index contributed by atoms with van der Waals surface area (Å²) < 4.78 is 5.95.